The quantitative estimate of drug-likeness (QED) is 0.160. The molecule has 0 atom stereocenters. The highest BCUT2D eigenvalue weighted by atomic mass is 15.1. The minimum absolute atomic E-state index is 0.881. The Hall–Kier alpha value is -7.76. The summed E-state index contributed by atoms with van der Waals surface area (Å²) in [4.78, 5) is 21.0. The van der Waals surface area contributed by atoms with Crippen LogP contribution in [0.2, 0.25) is 0 Å². The maximum atomic E-state index is 4.90. The molecule has 0 fully saturated rings. The average Bonchev–Trinajstić information content (AvgIpc) is 3.29. The van der Waals surface area contributed by atoms with E-state index in [1.54, 1.807) is 12.4 Å². The minimum Gasteiger partial charge on any atom is -0.310 e. The molecule has 57 heavy (non-hydrogen) atoms. The zero-order valence-electron chi connectivity index (χ0n) is 30.8. The average molecular weight is 728 g/mol. The molecule has 0 N–H and O–H groups in total. The number of fused-ring (bicyclic) bond motifs is 6. The highest BCUT2D eigenvalue weighted by Gasteiger charge is 2.16. The van der Waals surface area contributed by atoms with Crippen LogP contribution < -0.4 is 4.90 Å². The number of aromatic nitrogens is 4. The standard InChI is InChI=1S/C52H33N5/c1-2-6-37-31-38(10-9-34(37)5-1)39-17-23-45-40(32-39)11-12-41-33-44(22-24-46(41)45)57(42-18-13-35(14-19-42)47-25-27-49-51(55-47)7-3-29-53-49)43-20-15-36(16-21-43)48-26-28-50-52(56-48)8-4-30-54-50/h1-33H. The molecular weight excluding hydrogens is 695 g/mol. The molecule has 0 bridgehead atoms. The number of benzene rings is 7. The number of rotatable bonds is 6. The molecule has 0 aliphatic rings. The number of nitrogens with zero attached hydrogens (tertiary/aromatic N) is 5. The van der Waals surface area contributed by atoms with Crippen LogP contribution in [-0.4, -0.2) is 19.9 Å². The highest BCUT2D eigenvalue weighted by Crippen LogP contribution is 2.39. The molecule has 0 saturated carbocycles. The van der Waals surface area contributed by atoms with E-state index in [1.807, 2.05) is 48.5 Å². The fraction of sp³-hybridized carbons (Fsp3) is 0. The Kier molecular flexibility index (Phi) is 7.74. The van der Waals surface area contributed by atoms with Gasteiger partial charge in [-0.25, -0.2) is 9.97 Å². The van der Waals surface area contributed by atoms with Gasteiger partial charge in [0.2, 0.25) is 0 Å². The monoisotopic (exact) mass is 727 g/mol. The topological polar surface area (TPSA) is 54.8 Å². The first-order valence-corrected chi connectivity index (χ1v) is 19.1. The number of pyridine rings is 4. The van der Waals surface area contributed by atoms with Crippen molar-refractivity contribution >= 4 is 71.4 Å². The number of anilines is 3. The van der Waals surface area contributed by atoms with Gasteiger partial charge < -0.3 is 4.90 Å². The van der Waals surface area contributed by atoms with Crippen LogP contribution in [0.1, 0.15) is 0 Å². The Morgan fingerprint density at radius 1 is 0.298 bits per heavy atom. The second-order valence-electron chi connectivity index (χ2n) is 14.4. The Balaban J connectivity index is 0.981. The molecule has 0 saturated heterocycles. The van der Waals surface area contributed by atoms with Crippen LogP contribution >= 0.6 is 0 Å². The predicted molar refractivity (Wildman–Crippen MR) is 236 cm³/mol. The molecular formula is C52H33N5. The molecule has 5 heteroatoms. The lowest BCUT2D eigenvalue weighted by Crippen LogP contribution is -2.10. The van der Waals surface area contributed by atoms with Gasteiger partial charge in [-0.3, -0.25) is 9.97 Å². The summed E-state index contributed by atoms with van der Waals surface area (Å²) in [5, 5.41) is 7.37. The van der Waals surface area contributed by atoms with Crippen molar-refractivity contribution in [2.24, 2.45) is 0 Å². The summed E-state index contributed by atoms with van der Waals surface area (Å²) in [6.07, 6.45) is 3.60. The van der Waals surface area contributed by atoms with E-state index in [-0.39, 0.29) is 0 Å². The van der Waals surface area contributed by atoms with Crippen molar-refractivity contribution in [2.75, 3.05) is 4.90 Å². The third kappa shape index (κ3) is 5.99. The van der Waals surface area contributed by atoms with Crippen LogP contribution in [0.5, 0.6) is 0 Å². The van der Waals surface area contributed by atoms with E-state index >= 15 is 0 Å². The summed E-state index contributed by atoms with van der Waals surface area (Å²) < 4.78 is 0. The highest BCUT2D eigenvalue weighted by molar-refractivity contribution is 6.09. The molecule has 7 aromatic carbocycles. The molecule has 0 spiro atoms. The molecule has 11 aromatic rings. The lowest BCUT2D eigenvalue weighted by molar-refractivity contribution is 1.28. The van der Waals surface area contributed by atoms with E-state index in [9.17, 15) is 0 Å². The first-order chi connectivity index (χ1) is 28.2. The SMILES string of the molecule is c1ccc2cc(-c3ccc4c(ccc5cc(N(c6ccc(-c7ccc8ncccc8n7)cc6)c6ccc(-c7ccc8ncccc8n7)cc6)ccc54)c3)ccc2c1. The Morgan fingerprint density at radius 3 is 1.39 bits per heavy atom. The van der Waals surface area contributed by atoms with Crippen molar-refractivity contribution in [3.63, 3.8) is 0 Å². The summed E-state index contributed by atoms with van der Waals surface area (Å²) in [5.74, 6) is 0. The van der Waals surface area contributed by atoms with Crippen molar-refractivity contribution in [1.29, 1.82) is 0 Å². The molecule has 0 aliphatic carbocycles. The molecule has 4 aromatic heterocycles. The van der Waals surface area contributed by atoms with Gasteiger partial charge in [-0.05, 0) is 141 Å². The molecule has 5 nitrogen and oxygen atoms in total. The summed E-state index contributed by atoms with van der Waals surface area (Å²) in [7, 11) is 0. The minimum atomic E-state index is 0.881. The first kappa shape index (κ1) is 32.7. The third-order valence-electron chi connectivity index (χ3n) is 10.9. The zero-order valence-corrected chi connectivity index (χ0v) is 30.8. The fourth-order valence-corrected chi connectivity index (χ4v) is 7.99. The fourth-order valence-electron chi connectivity index (χ4n) is 7.99. The van der Waals surface area contributed by atoms with Gasteiger partial charge in [-0.2, -0.15) is 0 Å². The van der Waals surface area contributed by atoms with Crippen molar-refractivity contribution in [3.8, 4) is 33.6 Å². The van der Waals surface area contributed by atoms with Gasteiger partial charge in [0, 0.05) is 40.6 Å². The summed E-state index contributed by atoms with van der Waals surface area (Å²) in [5.41, 5.74) is 13.1. The van der Waals surface area contributed by atoms with Gasteiger partial charge in [0.05, 0.1) is 33.5 Å². The second kappa shape index (κ2) is 13.5. The van der Waals surface area contributed by atoms with E-state index in [0.29, 0.717) is 0 Å². The molecule has 0 unspecified atom stereocenters. The van der Waals surface area contributed by atoms with Crippen molar-refractivity contribution in [1.82, 2.24) is 19.9 Å². The van der Waals surface area contributed by atoms with Crippen LogP contribution in [0.3, 0.4) is 0 Å². The molecule has 4 heterocycles. The van der Waals surface area contributed by atoms with Crippen molar-refractivity contribution in [2.45, 2.75) is 0 Å². The van der Waals surface area contributed by atoms with E-state index in [1.165, 1.54) is 43.4 Å². The van der Waals surface area contributed by atoms with Gasteiger partial charge >= 0.3 is 0 Å². The van der Waals surface area contributed by atoms with Crippen molar-refractivity contribution in [3.05, 3.63) is 200 Å². The largest absolute Gasteiger partial charge is 0.310 e. The van der Waals surface area contributed by atoms with E-state index in [2.05, 4.69) is 154 Å². The van der Waals surface area contributed by atoms with Gasteiger partial charge in [0.1, 0.15) is 0 Å². The summed E-state index contributed by atoms with van der Waals surface area (Å²) in [6.45, 7) is 0. The maximum Gasteiger partial charge on any atom is 0.0894 e. The van der Waals surface area contributed by atoms with Gasteiger partial charge in [-0.1, -0.05) is 91.0 Å². The lowest BCUT2D eigenvalue weighted by Gasteiger charge is -2.26. The Morgan fingerprint density at radius 2 is 0.772 bits per heavy atom. The Labute approximate surface area is 329 Å². The van der Waals surface area contributed by atoms with Crippen LogP contribution in [-0.2, 0) is 0 Å². The molecule has 0 radical (unpaired) electrons. The molecule has 0 aliphatic heterocycles. The third-order valence-corrected chi connectivity index (χ3v) is 10.9. The first-order valence-electron chi connectivity index (χ1n) is 19.1. The predicted octanol–water partition coefficient (Wildman–Crippen LogP) is 13.5. The second-order valence-corrected chi connectivity index (χ2v) is 14.4. The number of hydrogen-bond acceptors (Lipinski definition) is 5. The van der Waals surface area contributed by atoms with Crippen molar-refractivity contribution < 1.29 is 0 Å². The van der Waals surface area contributed by atoms with Gasteiger partial charge in [0.15, 0.2) is 0 Å². The molecule has 0 amide bonds. The summed E-state index contributed by atoms with van der Waals surface area (Å²) >= 11 is 0. The van der Waals surface area contributed by atoms with Gasteiger partial charge in [0.25, 0.3) is 0 Å². The summed E-state index contributed by atoms with van der Waals surface area (Å²) in [6, 6.07) is 66.6. The maximum absolute atomic E-state index is 4.90. The van der Waals surface area contributed by atoms with E-state index in [0.717, 1.165) is 61.6 Å². The lowest BCUT2D eigenvalue weighted by atomic mass is 9.96. The van der Waals surface area contributed by atoms with E-state index in [4.69, 9.17) is 9.97 Å². The zero-order chi connectivity index (χ0) is 37.7. The van der Waals surface area contributed by atoms with E-state index < -0.39 is 0 Å². The molecule has 11 rings (SSSR count). The number of hydrogen-bond donors (Lipinski definition) is 0. The smallest absolute Gasteiger partial charge is 0.0894 e. The van der Waals surface area contributed by atoms with Gasteiger partial charge in [-0.15, -0.1) is 0 Å². The van der Waals surface area contributed by atoms with Crippen LogP contribution in [0.15, 0.2) is 200 Å². The molecule has 266 valence electrons. The normalized spacial score (nSPS) is 11.5. The Bertz CT molecular complexity index is 3180. The van der Waals surface area contributed by atoms with Crippen LogP contribution in [0.4, 0.5) is 17.1 Å². The van der Waals surface area contributed by atoms with Crippen LogP contribution in [0.25, 0.3) is 88.0 Å². The van der Waals surface area contributed by atoms with Crippen LogP contribution in [0, 0.1) is 0 Å².